The molecule has 12 heterocycles. The minimum atomic E-state index is -4.41. The molecule has 0 saturated carbocycles. The van der Waals surface area contributed by atoms with Gasteiger partial charge in [0.25, 0.3) is 0 Å². The summed E-state index contributed by atoms with van der Waals surface area (Å²) in [6, 6.07) is 20.0. The van der Waals surface area contributed by atoms with Gasteiger partial charge >= 0.3 is 12.4 Å². The van der Waals surface area contributed by atoms with E-state index in [-0.39, 0.29) is 35.7 Å². The first-order valence-corrected chi connectivity index (χ1v) is 53.1. The number of anilines is 1. The summed E-state index contributed by atoms with van der Waals surface area (Å²) in [7, 11) is 1.73. The fraction of sp³-hybridized carbons (Fsp3) is 0.485. The van der Waals surface area contributed by atoms with E-state index in [1.54, 1.807) is 101 Å². The molecular formula is C97H115F6N9O9S9. The first kappa shape index (κ1) is 100. The third-order valence-corrected chi connectivity index (χ3v) is 33.4. The number of aromatic nitrogens is 4. The lowest BCUT2D eigenvalue weighted by Crippen LogP contribution is -2.35. The van der Waals surface area contributed by atoms with Crippen LogP contribution in [0.25, 0.3) is 89.2 Å². The number of halogens is 6. The minimum absolute atomic E-state index is 0.159. The van der Waals surface area contributed by atoms with Gasteiger partial charge in [-0.05, 0) is 200 Å². The average molecular weight is 1950 g/mol. The van der Waals surface area contributed by atoms with Gasteiger partial charge in [0.15, 0.2) is 0 Å². The summed E-state index contributed by atoms with van der Waals surface area (Å²) in [5.74, 6) is 1.61. The van der Waals surface area contributed by atoms with E-state index in [2.05, 4.69) is 102 Å². The number of ketones is 4. The molecule has 0 fully saturated rings. The number of thiazole rings is 4. The van der Waals surface area contributed by atoms with Crippen molar-refractivity contribution in [3.8, 4) is 42.3 Å². The lowest BCUT2D eigenvalue weighted by Gasteiger charge is -2.26. The molecule has 8 aromatic heterocycles. The van der Waals surface area contributed by atoms with Gasteiger partial charge in [-0.2, -0.15) is 26.3 Å². The van der Waals surface area contributed by atoms with E-state index in [0.717, 1.165) is 222 Å². The number of para-hydroxylation sites is 1. The van der Waals surface area contributed by atoms with Crippen molar-refractivity contribution in [3.05, 3.63) is 157 Å². The molecule has 0 saturated heterocycles. The highest BCUT2D eigenvalue weighted by molar-refractivity contribution is 7.92. The van der Waals surface area contributed by atoms with E-state index in [4.69, 9.17) is 24.2 Å². The van der Waals surface area contributed by atoms with Crippen molar-refractivity contribution in [2.75, 3.05) is 65.2 Å². The summed E-state index contributed by atoms with van der Waals surface area (Å²) in [6.07, 6.45) is 12.1. The van der Waals surface area contributed by atoms with Crippen molar-refractivity contribution in [3.63, 3.8) is 0 Å². The number of benzene rings is 4. The second kappa shape index (κ2) is 45.8. The van der Waals surface area contributed by atoms with Crippen molar-refractivity contribution in [1.82, 2.24) is 41.2 Å². The molecule has 4 aromatic carbocycles. The fourth-order valence-electron chi connectivity index (χ4n) is 17.2. The lowest BCUT2D eigenvalue weighted by atomic mass is 9.94. The quantitative estimate of drug-likeness (QED) is 0.0180. The largest absolute Gasteiger partial charge is 0.416 e. The minimum Gasteiger partial charge on any atom is -0.385 e. The van der Waals surface area contributed by atoms with Crippen LogP contribution in [0.15, 0.2) is 79.4 Å². The maximum atomic E-state index is 13.2. The van der Waals surface area contributed by atoms with Crippen LogP contribution in [0.3, 0.4) is 0 Å². The molecule has 130 heavy (non-hydrogen) atoms. The molecule has 5 N–H and O–H groups in total. The molecule has 0 unspecified atom stereocenters. The molecule has 4 atom stereocenters. The third kappa shape index (κ3) is 26.0. The molecule has 18 nitrogen and oxygen atoms in total. The van der Waals surface area contributed by atoms with Crippen molar-refractivity contribution < 1.29 is 68.1 Å². The Kier molecular flexibility index (Phi) is 35.3. The van der Waals surface area contributed by atoms with Crippen molar-refractivity contribution in [2.24, 2.45) is 5.92 Å². The smallest absolute Gasteiger partial charge is 0.385 e. The number of hydrogen-bond donors (Lipinski definition) is 5. The summed E-state index contributed by atoms with van der Waals surface area (Å²) in [5.41, 5.74) is 12.0. The summed E-state index contributed by atoms with van der Waals surface area (Å²) >= 11 is 13.0. The van der Waals surface area contributed by atoms with Crippen LogP contribution in [0.5, 0.6) is 0 Å². The molecule has 4 aliphatic rings. The number of alkyl halides is 6. The zero-order valence-corrected chi connectivity index (χ0v) is 82.6. The van der Waals surface area contributed by atoms with Gasteiger partial charge in [0.2, 0.25) is 10.0 Å². The van der Waals surface area contributed by atoms with E-state index in [9.17, 15) is 53.9 Å². The maximum Gasteiger partial charge on any atom is 0.416 e. The van der Waals surface area contributed by atoms with E-state index in [1.165, 1.54) is 91.7 Å². The number of nitrogens with one attached hydrogen (secondary N) is 5. The first-order valence-electron chi connectivity index (χ1n) is 44.6. The molecule has 4 aliphatic heterocycles. The highest BCUT2D eigenvalue weighted by atomic mass is 32.2. The zero-order valence-electron chi connectivity index (χ0n) is 75.2. The topological polar surface area (TPSA) is 242 Å². The Morgan fingerprint density at radius 2 is 0.877 bits per heavy atom. The molecular weight excluding hydrogens is 1840 g/mol. The van der Waals surface area contributed by atoms with Gasteiger partial charge in [-0.15, -0.1) is 90.7 Å². The number of hydrogen-bond acceptors (Lipinski definition) is 25. The summed E-state index contributed by atoms with van der Waals surface area (Å²) in [5, 5.41) is 17.4. The van der Waals surface area contributed by atoms with E-state index >= 15 is 0 Å². The number of ether oxygens (including phenoxy) is 3. The number of thiophene rings is 4. The van der Waals surface area contributed by atoms with Crippen molar-refractivity contribution in [2.45, 2.75) is 239 Å². The average Bonchev–Trinajstić information content (AvgIpc) is 1.61. The number of Topliss-reactive ketones (excluding diaryl/α,β-unsaturated/α-hetero) is 4. The van der Waals surface area contributed by atoms with Crippen LogP contribution in [0, 0.1) is 5.92 Å². The van der Waals surface area contributed by atoms with Crippen LogP contribution in [-0.4, -0.2) is 124 Å². The number of methoxy groups -OCH3 is 3. The lowest BCUT2D eigenvalue weighted by molar-refractivity contribution is -0.138. The van der Waals surface area contributed by atoms with Gasteiger partial charge in [-0.1, -0.05) is 64.3 Å². The third-order valence-electron chi connectivity index (χ3n) is 23.3. The SMILES string of the molecule is C=Cc1cccc2sc(-c3c(CC(=O)CCCCCOC)sc4c3CCNC4)nc12.CC(C)CCCC(=O)Cc1sc2c(c1-c1nc3cc(NS(C)(=O)=O)ccc3s1)CCNC2.COCCCCCC(=O)Cc1sc2c(c1-c1nc3cc(C(F)(F)F)ccc3s1)C[C@@H](C)N[C@@H]2C.COCCCCCC(=O)Cc1sc2c(c1-c1nc3cc(C(F)(F)F)ccc3s1)C[C@@H](C)N[C@H]2C. The number of sulfonamides is 1. The van der Waals surface area contributed by atoms with Crippen LogP contribution < -0.4 is 26.0 Å². The Morgan fingerprint density at radius 1 is 0.492 bits per heavy atom. The monoisotopic (exact) mass is 1950 g/mol. The highest BCUT2D eigenvalue weighted by Gasteiger charge is 2.37. The molecule has 33 heteroatoms. The van der Waals surface area contributed by atoms with Crippen LogP contribution in [0.4, 0.5) is 32.0 Å². The predicted octanol–water partition coefficient (Wildman–Crippen LogP) is 24.5. The van der Waals surface area contributed by atoms with Crippen LogP contribution in [-0.2, 0) is 120 Å². The number of nitrogens with zero attached hydrogens (tertiary/aromatic N) is 4. The van der Waals surface area contributed by atoms with E-state index in [1.807, 2.05) is 12.1 Å². The summed E-state index contributed by atoms with van der Waals surface area (Å²) < 4.78 is 124. The Bertz CT molecular complexity index is 5910. The summed E-state index contributed by atoms with van der Waals surface area (Å²) in [6.45, 7) is 22.6. The summed E-state index contributed by atoms with van der Waals surface area (Å²) in [4.78, 5) is 79.6. The number of rotatable bonds is 37. The Morgan fingerprint density at radius 3 is 1.28 bits per heavy atom. The molecule has 0 amide bonds. The Labute approximate surface area is 789 Å². The van der Waals surface area contributed by atoms with Crippen LogP contribution in [0.2, 0.25) is 0 Å². The Hall–Kier alpha value is -7.29. The second-order valence-electron chi connectivity index (χ2n) is 34.4. The van der Waals surface area contributed by atoms with Gasteiger partial charge in [-0.3, -0.25) is 23.9 Å². The van der Waals surface area contributed by atoms with E-state index in [0.29, 0.717) is 118 Å². The molecule has 0 spiro atoms. The molecule has 0 bridgehead atoms. The second-order valence-corrected chi connectivity index (χ2v) is 44.9. The highest BCUT2D eigenvalue weighted by Crippen LogP contribution is 2.50. The van der Waals surface area contributed by atoms with Gasteiger partial charge in [0.1, 0.15) is 43.2 Å². The van der Waals surface area contributed by atoms with Gasteiger partial charge < -0.3 is 35.5 Å². The standard InChI is InChI=1S/2C25H29F3N2O2S2.C24H28N2O2S2.C23H29N3O3S3/c2*1-14-11-18-22(24-30-19-12-16(25(26,27)28)8-9-20(19)34-24)21(33-23(18)15(2)29-14)13-17(31)7-5-4-6-10-32-3;1-3-16-8-7-10-19-23(16)26-24(30-19)22-18-11-12-25-15-21(18)29-20(22)14-17(27)9-5-4-6-13-28-2;1-14(2)5-4-6-16(27)12-20-22(17-9-10-24-13-21(17)30-20)23-25-18-11-15(26-32(3,28)29)7-8-19(18)31-23/h2*8-9,12,14-15,29H,4-7,10-11,13H2,1-3H3;3,7-8,10,25H,1,4-6,9,11-15H2,2H3;7-8,11,14,24,26H,4-6,9-10,12-13H2,1-3H3/t14-,15+;14-,15-;;/m11../s1. The molecule has 0 radical (unpaired) electrons. The number of carbonyl (C=O) groups is 4. The fourth-order valence-corrected chi connectivity index (χ4v) is 27.7. The predicted molar refractivity (Wildman–Crippen MR) is 525 cm³/mol. The van der Waals surface area contributed by atoms with E-state index < -0.39 is 33.5 Å². The molecule has 0 aliphatic carbocycles. The van der Waals surface area contributed by atoms with Crippen molar-refractivity contribution in [1.29, 1.82) is 0 Å². The van der Waals surface area contributed by atoms with Crippen LogP contribution >= 0.6 is 90.7 Å². The molecule has 698 valence electrons. The van der Waals surface area contributed by atoms with Crippen LogP contribution in [0.1, 0.15) is 228 Å². The molecule has 12 aromatic rings. The van der Waals surface area contributed by atoms with Gasteiger partial charge in [0.05, 0.1) is 63.9 Å². The maximum absolute atomic E-state index is 13.2. The number of carbonyl (C=O) groups excluding carboxylic acids is 4. The number of unbranched alkanes of at least 4 members (excludes halogenated alkanes) is 6. The van der Waals surface area contributed by atoms with Gasteiger partial charge in [0, 0.05) is 197 Å². The van der Waals surface area contributed by atoms with Crippen molar-refractivity contribution >= 4 is 176 Å². The zero-order chi connectivity index (χ0) is 92.7. The molecule has 16 rings (SSSR count). The van der Waals surface area contributed by atoms with Gasteiger partial charge in [-0.25, -0.2) is 28.4 Å². The first-order chi connectivity index (χ1) is 62.2. The number of fused-ring (bicyclic) bond motifs is 8. The Balaban J connectivity index is 0.000000148. The normalized spacial score (nSPS) is 16.2.